The van der Waals surface area contributed by atoms with E-state index in [-0.39, 0.29) is 5.91 Å². The molecule has 2 nitrogen and oxygen atoms in total. The van der Waals surface area contributed by atoms with Crippen LogP contribution in [0.5, 0.6) is 0 Å². The summed E-state index contributed by atoms with van der Waals surface area (Å²) >= 11 is 1.73. The Morgan fingerprint density at radius 3 is 3.00 bits per heavy atom. The lowest BCUT2D eigenvalue weighted by Crippen LogP contribution is -2.27. The molecule has 0 saturated heterocycles. The van der Waals surface area contributed by atoms with Gasteiger partial charge < -0.3 is 4.90 Å². The quantitative estimate of drug-likeness (QED) is 0.749. The summed E-state index contributed by atoms with van der Waals surface area (Å²) in [6, 6.07) is 2.11. The maximum atomic E-state index is 12.0. The Morgan fingerprint density at radius 2 is 2.41 bits per heavy atom. The molecule has 1 amide bonds. The van der Waals surface area contributed by atoms with Gasteiger partial charge in [0.1, 0.15) is 0 Å². The summed E-state index contributed by atoms with van der Waals surface area (Å²) in [6.45, 7) is 2.85. The highest BCUT2D eigenvalue weighted by Crippen LogP contribution is 2.22. The Bertz CT molecular complexity index is 422. The lowest BCUT2D eigenvalue weighted by Gasteiger charge is -2.18. The molecule has 2 rings (SSSR count). The van der Waals surface area contributed by atoms with Gasteiger partial charge >= 0.3 is 0 Å². The molecule has 92 valence electrons. The van der Waals surface area contributed by atoms with Gasteiger partial charge in [-0.25, -0.2) is 0 Å². The zero-order valence-electron chi connectivity index (χ0n) is 10.5. The molecule has 0 fully saturated rings. The van der Waals surface area contributed by atoms with E-state index in [0.29, 0.717) is 12.3 Å². The number of nitrogens with zero attached hydrogens (tertiary/aromatic N) is 1. The van der Waals surface area contributed by atoms with Gasteiger partial charge in [0.25, 0.3) is 0 Å². The number of amides is 1. The molecule has 17 heavy (non-hydrogen) atoms. The highest BCUT2D eigenvalue weighted by atomic mass is 32.1. The lowest BCUT2D eigenvalue weighted by molar-refractivity contribution is -0.131. The number of hydrogen-bond acceptors (Lipinski definition) is 2. The summed E-state index contributed by atoms with van der Waals surface area (Å²) in [7, 11) is 1.90. The molecule has 1 aromatic rings. The molecule has 0 aliphatic heterocycles. The summed E-state index contributed by atoms with van der Waals surface area (Å²) in [5, 5.41) is 2.09. The van der Waals surface area contributed by atoms with Gasteiger partial charge in [0.15, 0.2) is 0 Å². The third-order valence-corrected chi connectivity index (χ3v) is 4.33. The van der Waals surface area contributed by atoms with Crippen LogP contribution in [0.2, 0.25) is 0 Å². The first-order valence-corrected chi connectivity index (χ1v) is 6.98. The largest absolute Gasteiger partial charge is 0.341 e. The van der Waals surface area contributed by atoms with E-state index in [9.17, 15) is 4.79 Å². The molecule has 3 heteroatoms. The molecule has 0 aromatic carbocycles. The Morgan fingerprint density at radius 1 is 1.59 bits per heavy atom. The number of aryl methyl sites for hydroxylation is 1. The van der Waals surface area contributed by atoms with Crippen LogP contribution in [-0.2, 0) is 11.3 Å². The summed E-state index contributed by atoms with van der Waals surface area (Å²) in [5.41, 5.74) is 1.29. The molecule has 0 radical (unpaired) electrons. The molecule has 0 bridgehead atoms. The number of carbonyl (C=O) groups is 1. The molecule has 0 N–H and O–H groups in total. The monoisotopic (exact) mass is 249 g/mol. The van der Waals surface area contributed by atoms with Crippen molar-refractivity contribution in [3.8, 4) is 0 Å². The van der Waals surface area contributed by atoms with E-state index in [0.717, 1.165) is 19.4 Å². The second-order valence-corrected chi connectivity index (χ2v) is 5.75. The molecule has 1 aromatic heterocycles. The first kappa shape index (κ1) is 12.4. The van der Waals surface area contributed by atoms with Gasteiger partial charge in [-0.1, -0.05) is 12.2 Å². The zero-order valence-corrected chi connectivity index (χ0v) is 11.3. The van der Waals surface area contributed by atoms with E-state index in [1.165, 1.54) is 10.4 Å². The molecule has 1 atom stereocenters. The maximum Gasteiger partial charge on any atom is 0.223 e. The smallest absolute Gasteiger partial charge is 0.223 e. The molecular formula is C14H19NOS. The average molecular weight is 249 g/mol. The second-order valence-electron chi connectivity index (χ2n) is 4.75. The topological polar surface area (TPSA) is 20.3 Å². The minimum absolute atomic E-state index is 0.259. The number of hydrogen-bond donors (Lipinski definition) is 0. The van der Waals surface area contributed by atoms with Crippen LogP contribution >= 0.6 is 11.3 Å². The first-order valence-electron chi connectivity index (χ1n) is 6.10. The molecule has 0 spiro atoms. The van der Waals surface area contributed by atoms with Gasteiger partial charge in [-0.05, 0) is 42.7 Å². The van der Waals surface area contributed by atoms with Crippen molar-refractivity contribution in [3.05, 3.63) is 34.0 Å². The van der Waals surface area contributed by atoms with Crippen LogP contribution in [0.4, 0.5) is 0 Å². The zero-order chi connectivity index (χ0) is 12.3. The van der Waals surface area contributed by atoms with Crippen LogP contribution in [0.1, 0.15) is 29.7 Å². The van der Waals surface area contributed by atoms with E-state index in [1.54, 1.807) is 11.3 Å². The highest BCUT2D eigenvalue weighted by Gasteiger charge is 2.17. The summed E-state index contributed by atoms with van der Waals surface area (Å²) in [4.78, 5) is 15.2. The fourth-order valence-corrected chi connectivity index (χ4v) is 3.07. The van der Waals surface area contributed by atoms with Crippen molar-refractivity contribution in [1.29, 1.82) is 0 Å². The van der Waals surface area contributed by atoms with E-state index in [4.69, 9.17) is 0 Å². The summed E-state index contributed by atoms with van der Waals surface area (Å²) < 4.78 is 0. The van der Waals surface area contributed by atoms with Crippen molar-refractivity contribution in [2.75, 3.05) is 7.05 Å². The number of thiophene rings is 1. The van der Waals surface area contributed by atoms with Crippen molar-refractivity contribution in [2.24, 2.45) is 5.92 Å². The number of rotatable bonds is 4. The minimum Gasteiger partial charge on any atom is -0.341 e. The maximum absolute atomic E-state index is 12.0. The Kier molecular flexibility index (Phi) is 4.00. The first-order chi connectivity index (χ1) is 8.16. The van der Waals surface area contributed by atoms with E-state index >= 15 is 0 Å². The van der Waals surface area contributed by atoms with Crippen LogP contribution in [0, 0.1) is 12.8 Å². The predicted molar refractivity (Wildman–Crippen MR) is 72.0 cm³/mol. The van der Waals surface area contributed by atoms with E-state index in [2.05, 4.69) is 30.5 Å². The van der Waals surface area contributed by atoms with Crippen LogP contribution in [-0.4, -0.2) is 17.9 Å². The molecule has 0 saturated carbocycles. The van der Waals surface area contributed by atoms with Crippen molar-refractivity contribution in [1.82, 2.24) is 4.90 Å². The van der Waals surface area contributed by atoms with Gasteiger partial charge in [0, 0.05) is 18.3 Å². The second kappa shape index (κ2) is 5.50. The normalized spacial score (nSPS) is 18.6. The van der Waals surface area contributed by atoms with Gasteiger partial charge in [-0.2, -0.15) is 0 Å². The molecule has 1 heterocycles. The Balaban J connectivity index is 1.87. The van der Waals surface area contributed by atoms with Gasteiger partial charge in [0.05, 0.1) is 6.54 Å². The average Bonchev–Trinajstić information content (AvgIpc) is 2.91. The summed E-state index contributed by atoms with van der Waals surface area (Å²) in [5.74, 6) is 0.726. The third kappa shape index (κ3) is 3.19. The van der Waals surface area contributed by atoms with Crippen LogP contribution in [0.3, 0.4) is 0 Å². The van der Waals surface area contributed by atoms with Crippen molar-refractivity contribution < 1.29 is 4.79 Å². The lowest BCUT2D eigenvalue weighted by atomic mass is 10.0. The molecule has 1 aliphatic rings. The van der Waals surface area contributed by atoms with E-state index in [1.807, 2.05) is 11.9 Å². The molecule has 1 aliphatic carbocycles. The van der Waals surface area contributed by atoms with Crippen LogP contribution < -0.4 is 0 Å². The third-order valence-electron chi connectivity index (χ3n) is 3.32. The minimum atomic E-state index is 0.259. The fraction of sp³-hybridized carbons (Fsp3) is 0.500. The Labute approximate surface area is 107 Å². The fourth-order valence-electron chi connectivity index (χ4n) is 2.12. The highest BCUT2D eigenvalue weighted by molar-refractivity contribution is 7.10. The van der Waals surface area contributed by atoms with Crippen molar-refractivity contribution in [2.45, 2.75) is 32.7 Å². The Hall–Kier alpha value is -1.09. The number of allylic oxidation sites excluding steroid dienone is 2. The van der Waals surface area contributed by atoms with Gasteiger partial charge in [0.2, 0.25) is 5.91 Å². The van der Waals surface area contributed by atoms with Gasteiger partial charge in [-0.3, -0.25) is 4.79 Å². The number of carbonyl (C=O) groups excluding carboxylic acids is 1. The van der Waals surface area contributed by atoms with Gasteiger partial charge in [-0.15, -0.1) is 11.3 Å². The van der Waals surface area contributed by atoms with Crippen LogP contribution in [0.25, 0.3) is 0 Å². The standard InChI is InChI=1S/C14H19NOS/c1-11-7-8-17-13(11)10-15(2)14(16)9-12-5-3-4-6-12/h3,5,7-8,12H,4,6,9-10H2,1-2H3. The SMILES string of the molecule is Cc1ccsc1CN(C)C(=O)CC1C=CCC1. The van der Waals surface area contributed by atoms with Crippen LogP contribution in [0.15, 0.2) is 23.6 Å². The van der Waals surface area contributed by atoms with Crippen molar-refractivity contribution in [3.63, 3.8) is 0 Å². The van der Waals surface area contributed by atoms with E-state index < -0.39 is 0 Å². The molecule has 1 unspecified atom stereocenters. The van der Waals surface area contributed by atoms with Crippen molar-refractivity contribution >= 4 is 17.2 Å². The predicted octanol–water partition coefficient (Wildman–Crippen LogP) is 3.37. The molecular weight excluding hydrogens is 230 g/mol. The summed E-state index contributed by atoms with van der Waals surface area (Å²) in [6.07, 6.45) is 7.30.